The van der Waals surface area contributed by atoms with E-state index in [0.29, 0.717) is 12.6 Å². The Morgan fingerprint density at radius 3 is 2.90 bits per heavy atom. The molecule has 1 aliphatic heterocycles. The maximum atomic E-state index is 6.18. The minimum absolute atomic E-state index is 0.0852. The molecule has 1 fully saturated rings. The van der Waals surface area contributed by atoms with Crippen molar-refractivity contribution in [2.75, 3.05) is 20.2 Å². The molecule has 1 saturated heterocycles. The standard InChI is InChI=1S/C18H30N2O/c1-4-6-17-12-18(14-19,9-10-21-17)20(3)13-16-8-5-7-15(2)11-16/h5,7-8,11,17H,4,6,9-10,12-14,19H2,1-3H3. The van der Waals surface area contributed by atoms with E-state index in [4.69, 9.17) is 10.5 Å². The van der Waals surface area contributed by atoms with Gasteiger partial charge in [-0.05, 0) is 38.8 Å². The average molecular weight is 290 g/mol. The van der Waals surface area contributed by atoms with E-state index in [-0.39, 0.29) is 5.54 Å². The fourth-order valence-corrected chi connectivity index (χ4v) is 3.45. The van der Waals surface area contributed by atoms with Gasteiger partial charge in [-0.15, -0.1) is 0 Å². The fraction of sp³-hybridized carbons (Fsp3) is 0.667. The zero-order chi connectivity index (χ0) is 15.3. The molecule has 1 aromatic carbocycles. The zero-order valence-electron chi connectivity index (χ0n) is 13.8. The van der Waals surface area contributed by atoms with E-state index in [1.54, 1.807) is 0 Å². The Labute approximate surface area is 129 Å². The highest BCUT2D eigenvalue weighted by Crippen LogP contribution is 2.32. The maximum absolute atomic E-state index is 6.18. The number of ether oxygens (including phenoxy) is 1. The number of aryl methyl sites for hydroxylation is 1. The van der Waals surface area contributed by atoms with E-state index in [0.717, 1.165) is 32.4 Å². The lowest BCUT2D eigenvalue weighted by Crippen LogP contribution is -2.56. The third-order valence-electron chi connectivity index (χ3n) is 4.83. The summed E-state index contributed by atoms with van der Waals surface area (Å²) in [5, 5.41) is 0. The van der Waals surface area contributed by atoms with Crippen LogP contribution in [0.2, 0.25) is 0 Å². The molecule has 1 aliphatic rings. The molecule has 0 aliphatic carbocycles. The van der Waals surface area contributed by atoms with Crippen molar-refractivity contribution in [3.63, 3.8) is 0 Å². The molecule has 2 unspecified atom stereocenters. The van der Waals surface area contributed by atoms with Gasteiger partial charge in [-0.2, -0.15) is 0 Å². The smallest absolute Gasteiger partial charge is 0.0593 e. The lowest BCUT2D eigenvalue weighted by Gasteiger charge is -2.46. The van der Waals surface area contributed by atoms with Crippen LogP contribution in [-0.2, 0) is 11.3 Å². The summed E-state index contributed by atoms with van der Waals surface area (Å²) < 4.78 is 5.91. The minimum Gasteiger partial charge on any atom is -0.378 e. The Kier molecular flexibility index (Phi) is 5.80. The highest BCUT2D eigenvalue weighted by molar-refractivity contribution is 5.22. The third-order valence-corrected chi connectivity index (χ3v) is 4.83. The van der Waals surface area contributed by atoms with Gasteiger partial charge in [0.2, 0.25) is 0 Å². The molecular formula is C18H30N2O. The SMILES string of the molecule is CCCC1CC(CN)(N(C)Cc2cccc(C)c2)CCO1. The van der Waals surface area contributed by atoms with E-state index < -0.39 is 0 Å². The van der Waals surface area contributed by atoms with Crippen molar-refractivity contribution in [3.05, 3.63) is 35.4 Å². The number of nitrogens with zero attached hydrogens (tertiary/aromatic N) is 1. The molecule has 118 valence electrons. The molecule has 3 nitrogen and oxygen atoms in total. The van der Waals surface area contributed by atoms with Crippen molar-refractivity contribution < 1.29 is 4.74 Å². The maximum Gasteiger partial charge on any atom is 0.0593 e. The minimum atomic E-state index is 0.0852. The molecule has 0 amide bonds. The van der Waals surface area contributed by atoms with Crippen LogP contribution in [0.5, 0.6) is 0 Å². The molecule has 1 aromatic rings. The van der Waals surface area contributed by atoms with E-state index in [1.807, 2.05) is 0 Å². The molecule has 2 rings (SSSR count). The van der Waals surface area contributed by atoms with Gasteiger partial charge in [0.15, 0.2) is 0 Å². The first kappa shape index (κ1) is 16.5. The number of likely N-dealkylation sites (N-methyl/N-ethyl adjacent to an activating group) is 1. The van der Waals surface area contributed by atoms with Crippen LogP contribution < -0.4 is 5.73 Å². The van der Waals surface area contributed by atoms with Crippen LogP contribution in [0.3, 0.4) is 0 Å². The first-order valence-electron chi connectivity index (χ1n) is 8.18. The van der Waals surface area contributed by atoms with Crippen molar-refractivity contribution >= 4 is 0 Å². The lowest BCUT2D eigenvalue weighted by molar-refractivity contribution is -0.0691. The van der Waals surface area contributed by atoms with Gasteiger partial charge < -0.3 is 10.5 Å². The number of benzene rings is 1. The Hall–Kier alpha value is -0.900. The highest BCUT2D eigenvalue weighted by Gasteiger charge is 2.38. The molecule has 3 heteroatoms. The molecule has 0 radical (unpaired) electrons. The lowest BCUT2D eigenvalue weighted by atomic mass is 9.83. The van der Waals surface area contributed by atoms with Crippen molar-refractivity contribution in [1.29, 1.82) is 0 Å². The second kappa shape index (κ2) is 7.39. The Morgan fingerprint density at radius 1 is 1.43 bits per heavy atom. The normalized spacial score (nSPS) is 26.2. The molecule has 2 N–H and O–H groups in total. The molecule has 0 spiro atoms. The van der Waals surface area contributed by atoms with Crippen molar-refractivity contribution in [2.45, 2.75) is 57.7 Å². The summed E-state index contributed by atoms with van der Waals surface area (Å²) in [4.78, 5) is 2.45. The predicted molar refractivity (Wildman–Crippen MR) is 88.3 cm³/mol. The van der Waals surface area contributed by atoms with Crippen LogP contribution in [-0.4, -0.2) is 36.7 Å². The number of nitrogens with two attached hydrogens (primary N) is 1. The van der Waals surface area contributed by atoms with Gasteiger partial charge in [-0.25, -0.2) is 0 Å². The van der Waals surface area contributed by atoms with Gasteiger partial charge in [-0.1, -0.05) is 43.2 Å². The van der Waals surface area contributed by atoms with E-state index in [2.05, 4.69) is 50.1 Å². The third kappa shape index (κ3) is 4.06. The monoisotopic (exact) mass is 290 g/mol. The van der Waals surface area contributed by atoms with Crippen LogP contribution in [0.25, 0.3) is 0 Å². The van der Waals surface area contributed by atoms with Gasteiger partial charge in [0, 0.05) is 25.2 Å². The van der Waals surface area contributed by atoms with Gasteiger partial charge in [-0.3, -0.25) is 4.90 Å². The Morgan fingerprint density at radius 2 is 2.24 bits per heavy atom. The molecule has 2 atom stereocenters. The summed E-state index contributed by atoms with van der Waals surface area (Å²) in [6.45, 7) is 6.86. The van der Waals surface area contributed by atoms with Crippen LogP contribution in [0.4, 0.5) is 0 Å². The first-order valence-corrected chi connectivity index (χ1v) is 8.18. The second-order valence-corrected chi connectivity index (χ2v) is 6.51. The van der Waals surface area contributed by atoms with Gasteiger partial charge in [0.1, 0.15) is 0 Å². The van der Waals surface area contributed by atoms with Gasteiger partial charge in [0.25, 0.3) is 0 Å². The van der Waals surface area contributed by atoms with Crippen LogP contribution in [0.1, 0.15) is 43.7 Å². The topological polar surface area (TPSA) is 38.5 Å². The first-order chi connectivity index (χ1) is 10.1. The van der Waals surface area contributed by atoms with Gasteiger partial charge >= 0.3 is 0 Å². The average Bonchev–Trinajstić information content (AvgIpc) is 2.47. The molecule has 0 saturated carbocycles. The van der Waals surface area contributed by atoms with Gasteiger partial charge in [0.05, 0.1) is 6.10 Å². The number of rotatable bonds is 6. The zero-order valence-corrected chi connectivity index (χ0v) is 13.8. The number of hydrogen-bond acceptors (Lipinski definition) is 3. The summed E-state index contributed by atoms with van der Waals surface area (Å²) in [7, 11) is 2.21. The van der Waals surface area contributed by atoms with Crippen molar-refractivity contribution in [1.82, 2.24) is 4.90 Å². The van der Waals surface area contributed by atoms with E-state index in [1.165, 1.54) is 17.5 Å². The quantitative estimate of drug-likeness (QED) is 0.875. The van der Waals surface area contributed by atoms with Crippen LogP contribution in [0, 0.1) is 6.92 Å². The fourth-order valence-electron chi connectivity index (χ4n) is 3.45. The molecular weight excluding hydrogens is 260 g/mol. The molecule has 21 heavy (non-hydrogen) atoms. The highest BCUT2D eigenvalue weighted by atomic mass is 16.5. The molecule has 0 aromatic heterocycles. The van der Waals surface area contributed by atoms with Crippen molar-refractivity contribution in [2.24, 2.45) is 5.73 Å². The summed E-state index contributed by atoms with van der Waals surface area (Å²) in [5.41, 5.74) is 8.95. The van der Waals surface area contributed by atoms with E-state index >= 15 is 0 Å². The van der Waals surface area contributed by atoms with E-state index in [9.17, 15) is 0 Å². The molecule has 0 bridgehead atoms. The number of hydrogen-bond donors (Lipinski definition) is 1. The Bertz CT molecular complexity index is 447. The Balaban J connectivity index is 2.08. The second-order valence-electron chi connectivity index (χ2n) is 6.51. The summed E-state index contributed by atoms with van der Waals surface area (Å²) >= 11 is 0. The summed E-state index contributed by atoms with van der Waals surface area (Å²) in [6, 6.07) is 8.76. The van der Waals surface area contributed by atoms with Crippen LogP contribution in [0.15, 0.2) is 24.3 Å². The largest absolute Gasteiger partial charge is 0.378 e. The molecule has 1 heterocycles. The predicted octanol–water partition coefficient (Wildman–Crippen LogP) is 3.10. The summed E-state index contributed by atoms with van der Waals surface area (Å²) in [5.74, 6) is 0. The summed E-state index contributed by atoms with van der Waals surface area (Å²) in [6.07, 6.45) is 4.77. The van der Waals surface area contributed by atoms with Crippen molar-refractivity contribution in [3.8, 4) is 0 Å². The van der Waals surface area contributed by atoms with Crippen LogP contribution >= 0.6 is 0 Å².